The molecule has 0 spiro atoms. The van der Waals surface area contributed by atoms with Gasteiger partial charge in [-0.25, -0.2) is 0 Å². The van der Waals surface area contributed by atoms with Crippen LogP contribution in [0, 0.1) is 12.8 Å². The summed E-state index contributed by atoms with van der Waals surface area (Å²) in [5, 5.41) is 3.26. The van der Waals surface area contributed by atoms with Gasteiger partial charge < -0.3 is 10.1 Å². The number of aryl methyl sites for hydroxylation is 1. The topological polar surface area (TPSA) is 38.3 Å². The van der Waals surface area contributed by atoms with Gasteiger partial charge in [0, 0.05) is 6.54 Å². The number of piperidine rings is 1. The van der Waals surface area contributed by atoms with Gasteiger partial charge >= 0.3 is 5.97 Å². The molecule has 92 valence electrons. The van der Waals surface area contributed by atoms with Gasteiger partial charge in [0.1, 0.15) is 0 Å². The second-order valence-electron chi connectivity index (χ2n) is 4.64. The van der Waals surface area contributed by atoms with Gasteiger partial charge in [0.15, 0.2) is 0 Å². The van der Waals surface area contributed by atoms with E-state index < -0.39 is 0 Å². The number of esters is 1. The highest BCUT2D eigenvalue weighted by Gasteiger charge is 2.32. The first-order valence-electron chi connectivity index (χ1n) is 6.07. The number of benzene rings is 1. The third-order valence-electron chi connectivity index (χ3n) is 3.46. The molecule has 1 fully saturated rings. The molecular formula is C14H19NO2. The van der Waals surface area contributed by atoms with E-state index in [9.17, 15) is 4.79 Å². The molecule has 17 heavy (non-hydrogen) atoms. The van der Waals surface area contributed by atoms with Gasteiger partial charge in [0.2, 0.25) is 0 Å². The zero-order valence-corrected chi connectivity index (χ0v) is 10.4. The van der Waals surface area contributed by atoms with Crippen molar-refractivity contribution in [2.45, 2.75) is 19.3 Å². The van der Waals surface area contributed by atoms with Crippen LogP contribution in [0.2, 0.25) is 0 Å². The minimum atomic E-state index is -0.108. The van der Waals surface area contributed by atoms with Crippen molar-refractivity contribution < 1.29 is 9.53 Å². The predicted octanol–water partition coefficient (Wildman–Crippen LogP) is 1.86. The van der Waals surface area contributed by atoms with E-state index in [1.54, 1.807) is 0 Å². The van der Waals surface area contributed by atoms with Crippen LogP contribution in [0.3, 0.4) is 0 Å². The Balaban J connectivity index is 2.24. The second kappa shape index (κ2) is 5.32. The minimum Gasteiger partial charge on any atom is -0.469 e. The number of ether oxygens (including phenoxy) is 1. The largest absolute Gasteiger partial charge is 0.469 e. The maximum absolute atomic E-state index is 11.8. The van der Waals surface area contributed by atoms with Crippen LogP contribution in [-0.2, 0) is 9.53 Å². The monoisotopic (exact) mass is 233 g/mol. The SMILES string of the molecule is COC(=O)[C@@H]1CNCC[C@@H]1c1cccc(C)c1. The van der Waals surface area contributed by atoms with Gasteiger partial charge in [0.25, 0.3) is 0 Å². The molecule has 0 aliphatic carbocycles. The van der Waals surface area contributed by atoms with Crippen LogP contribution < -0.4 is 5.32 Å². The van der Waals surface area contributed by atoms with Crippen LogP contribution >= 0.6 is 0 Å². The molecule has 3 heteroatoms. The zero-order valence-electron chi connectivity index (χ0n) is 10.4. The number of nitrogens with one attached hydrogen (secondary N) is 1. The Labute approximate surface area is 102 Å². The molecular weight excluding hydrogens is 214 g/mol. The quantitative estimate of drug-likeness (QED) is 0.792. The molecule has 0 aromatic heterocycles. The number of hydrogen-bond donors (Lipinski definition) is 1. The van der Waals surface area contributed by atoms with Crippen LogP contribution in [0.25, 0.3) is 0 Å². The molecule has 0 amide bonds. The number of rotatable bonds is 2. The molecule has 3 nitrogen and oxygen atoms in total. The molecule has 1 aliphatic rings. The fourth-order valence-corrected chi connectivity index (χ4v) is 2.56. The van der Waals surface area contributed by atoms with E-state index in [4.69, 9.17) is 4.74 Å². The maximum atomic E-state index is 11.8. The molecule has 0 saturated carbocycles. The van der Waals surface area contributed by atoms with Crippen molar-refractivity contribution in [3.63, 3.8) is 0 Å². The standard InChI is InChI=1S/C14H19NO2/c1-10-4-3-5-11(8-10)12-6-7-15-9-13(12)14(16)17-2/h3-5,8,12-13,15H,6-7,9H2,1-2H3/t12-,13-/m1/s1. The molecule has 2 rings (SSSR count). The highest BCUT2D eigenvalue weighted by Crippen LogP contribution is 2.31. The van der Waals surface area contributed by atoms with E-state index in [2.05, 4.69) is 36.5 Å². The van der Waals surface area contributed by atoms with Crippen molar-refractivity contribution in [3.8, 4) is 0 Å². The molecule has 0 bridgehead atoms. The summed E-state index contributed by atoms with van der Waals surface area (Å²) in [4.78, 5) is 11.8. The summed E-state index contributed by atoms with van der Waals surface area (Å²) in [5.74, 6) is 0.114. The molecule has 1 aromatic carbocycles. The lowest BCUT2D eigenvalue weighted by atomic mass is 9.81. The second-order valence-corrected chi connectivity index (χ2v) is 4.64. The van der Waals surface area contributed by atoms with E-state index >= 15 is 0 Å². The Morgan fingerprint density at radius 2 is 2.29 bits per heavy atom. The van der Waals surface area contributed by atoms with Crippen molar-refractivity contribution >= 4 is 5.97 Å². The summed E-state index contributed by atoms with van der Waals surface area (Å²) in [6, 6.07) is 8.42. The molecule has 1 aromatic rings. The van der Waals surface area contributed by atoms with Crippen LogP contribution in [0.1, 0.15) is 23.5 Å². The fraction of sp³-hybridized carbons (Fsp3) is 0.500. The lowest BCUT2D eigenvalue weighted by Crippen LogP contribution is -2.40. The van der Waals surface area contributed by atoms with Crippen molar-refractivity contribution in [3.05, 3.63) is 35.4 Å². The van der Waals surface area contributed by atoms with E-state index in [0.717, 1.165) is 13.0 Å². The number of carbonyl (C=O) groups excluding carboxylic acids is 1. The van der Waals surface area contributed by atoms with Gasteiger partial charge in [-0.1, -0.05) is 29.8 Å². The molecule has 0 unspecified atom stereocenters. The third-order valence-corrected chi connectivity index (χ3v) is 3.46. The van der Waals surface area contributed by atoms with E-state index in [1.165, 1.54) is 18.2 Å². The lowest BCUT2D eigenvalue weighted by Gasteiger charge is -2.30. The highest BCUT2D eigenvalue weighted by molar-refractivity contribution is 5.74. The first kappa shape index (κ1) is 12.1. The van der Waals surface area contributed by atoms with Gasteiger partial charge in [-0.3, -0.25) is 4.79 Å². The molecule has 1 aliphatic heterocycles. The molecule has 2 atom stereocenters. The van der Waals surface area contributed by atoms with Crippen LogP contribution in [0.15, 0.2) is 24.3 Å². The smallest absolute Gasteiger partial charge is 0.310 e. The summed E-state index contributed by atoms with van der Waals surface area (Å²) < 4.78 is 4.89. The van der Waals surface area contributed by atoms with Crippen molar-refractivity contribution in [2.75, 3.05) is 20.2 Å². The fourth-order valence-electron chi connectivity index (χ4n) is 2.56. The van der Waals surface area contributed by atoms with Crippen molar-refractivity contribution in [2.24, 2.45) is 5.92 Å². The first-order chi connectivity index (χ1) is 8.22. The zero-order chi connectivity index (χ0) is 12.3. The number of hydrogen-bond acceptors (Lipinski definition) is 3. The van der Waals surface area contributed by atoms with Crippen molar-refractivity contribution in [1.29, 1.82) is 0 Å². The average molecular weight is 233 g/mol. The van der Waals surface area contributed by atoms with Gasteiger partial charge in [-0.2, -0.15) is 0 Å². The van der Waals surface area contributed by atoms with Crippen molar-refractivity contribution in [1.82, 2.24) is 5.32 Å². The number of methoxy groups -OCH3 is 1. The van der Waals surface area contributed by atoms with E-state index in [0.29, 0.717) is 6.54 Å². The summed E-state index contributed by atoms with van der Waals surface area (Å²) in [6.07, 6.45) is 0.989. The van der Waals surface area contributed by atoms with Crippen LogP contribution in [0.5, 0.6) is 0 Å². The Bertz CT molecular complexity index is 403. The Morgan fingerprint density at radius 1 is 1.47 bits per heavy atom. The first-order valence-corrected chi connectivity index (χ1v) is 6.07. The Hall–Kier alpha value is -1.35. The highest BCUT2D eigenvalue weighted by atomic mass is 16.5. The molecule has 1 saturated heterocycles. The Morgan fingerprint density at radius 3 is 3.00 bits per heavy atom. The molecule has 1 heterocycles. The summed E-state index contributed by atoms with van der Waals surface area (Å²) in [5.41, 5.74) is 2.49. The summed E-state index contributed by atoms with van der Waals surface area (Å²) in [6.45, 7) is 3.76. The lowest BCUT2D eigenvalue weighted by molar-refractivity contribution is -0.146. The van der Waals surface area contributed by atoms with Gasteiger partial charge in [0.05, 0.1) is 13.0 Å². The van der Waals surface area contributed by atoms with Gasteiger partial charge in [-0.15, -0.1) is 0 Å². The van der Waals surface area contributed by atoms with Crippen LogP contribution in [0.4, 0.5) is 0 Å². The third kappa shape index (κ3) is 2.67. The Kier molecular flexibility index (Phi) is 3.79. The molecule has 0 radical (unpaired) electrons. The summed E-state index contributed by atoms with van der Waals surface area (Å²) in [7, 11) is 1.46. The summed E-state index contributed by atoms with van der Waals surface area (Å²) >= 11 is 0. The number of carbonyl (C=O) groups is 1. The normalized spacial score (nSPS) is 24.4. The maximum Gasteiger partial charge on any atom is 0.310 e. The van der Waals surface area contributed by atoms with E-state index in [-0.39, 0.29) is 17.8 Å². The minimum absolute atomic E-state index is 0.0597. The predicted molar refractivity (Wildman–Crippen MR) is 66.9 cm³/mol. The van der Waals surface area contributed by atoms with Gasteiger partial charge in [-0.05, 0) is 31.4 Å². The molecule has 1 N–H and O–H groups in total. The average Bonchev–Trinajstić information content (AvgIpc) is 2.38. The van der Waals surface area contributed by atoms with E-state index in [1.807, 2.05) is 0 Å². The van der Waals surface area contributed by atoms with Crippen LogP contribution in [-0.4, -0.2) is 26.2 Å².